The average molecular weight is 276 g/mol. The Balaban J connectivity index is 2.49. The number of nitrogens with one attached hydrogen (secondary N) is 1. The van der Waals surface area contributed by atoms with Crippen LogP contribution in [-0.2, 0) is 0 Å². The summed E-state index contributed by atoms with van der Waals surface area (Å²) in [7, 11) is 0. The highest BCUT2D eigenvalue weighted by Gasteiger charge is 2.28. The summed E-state index contributed by atoms with van der Waals surface area (Å²) in [5.74, 6) is -0.467. The number of amides is 1. The molecule has 1 N–H and O–H groups in total. The highest BCUT2D eigenvalue weighted by atomic mass is 19.4. The Morgan fingerprint density at radius 2 is 2.16 bits per heavy atom. The summed E-state index contributed by atoms with van der Waals surface area (Å²) >= 11 is 0. The number of carbonyl (C=O) groups excluding carboxylic acids is 1. The van der Waals surface area contributed by atoms with Crippen LogP contribution in [0.3, 0.4) is 0 Å². The molecule has 1 heterocycles. The van der Waals surface area contributed by atoms with Crippen molar-refractivity contribution < 1.29 is 22.7 Å². The topological polar surface area (TPSA) is 51.2 Å². The molecule has 1 rings (SSSR count). The number of hydrogen-bond donors (Lipinski definition) is 1. The smallest absolute Gasteiger partial charge is 0.422 e. The molecule has 1 aromatic rings. The Bertz CT molecular complexity index is 404. The van der Waals surface area contributed by atoms with E-state index in [-0.39, 0.29) is 17.4 Å². The maximum atomic E-state index is 11.9. The molecule has 0 unspecified atom stereocenters. The van der Waals surface area contributed by atoms with Gasteiger partial charge in [-0.2, -0.15) is 13.2 Å². The molecule has 0 atom stereocenters. The van der Waals surface area contributed by atoms with Crippen molar-refractivity contribution in [3.8, 4) is 5.88 Å². The molecule has 0 bridgehead atoms. The van der Waals surface area contributed by atoms with E-state index in [2.05, 4.69) is 15.0 Å². The second kappa shape index (κ2) is 6.96. The second-order valence-electron chi connectivity index (χ2n) is 3.90. The van der Waals surface area contributed by atoms with Gasteiger partial charge in [0.1, 0.15) is 0 Å². The molecule has 4 nitrogen and oxygen atoms in total. The van der Waals surface area contributed by atoms with Gasteiger partial charge in [0, 0.05) is 18.8 Å². The van der Waals surface area contributed by atoms with Gasteiger partial charge in [0.05, 0.1) is 5.56 Å². The largest absolute Gasteiger partial charge is 0.468 e. The number of halogens is 3. The van der Waals surface area contributed by atoms with Gasteiger partial charge in [-0.1, -0.05) is 13.3 Å². The first-order valence-corrected chi connectivity index (χ1v) is 5.86. The van der Waals surface area contributed by atoms with E-state index < -0.39 is 12.8 Å². The van der Waals surface area contributed by atoms with Gasteiger partial charge in [0.25, 0.3) is 5.91 Å². The SMILES string of the molecule is CCCCNC(=O)c1ccc(OCC(F)(F)F)nc1. The number of unbranched alkanes of at least 4 members (excludes halogenated alkanes) is 1. The summed E-state index contributed by atoms with van der Waals surface area (Å²) in [5, 5.41) is 2.68. The van der Waals surface area contributed by atoms with Gasteiger partial charge in [0.2, 0.25) is 5.88 Å². The van der Waals surface area contributed by atoms with Crippen LogP contribution >= 0.6 is 0 Å². The minimum Gasteiger partial charge on any atom is -0.468 e. The van der Waals surface area contributed by atoms with Crippen LogP contribution in [0.5, 0.6) is 5.88 Å². The van der Waals surface area contributed by atoms with E-state index in [9.17, 15) is 18.0 Å². The Kier molecular flexibility index (Phi) is 5.59. The first-order chi connectivity index (χ1) is 8.92. The summed E-state index contributed by atoms with van der Waals surface area (Å²) in [5.41, 5.74) is 0.287. The molecule has 0 radical (unpaired) electrons. The molecule has 1 aromatic heterocycles. The minimum absolute atomic E-state index is 0.164. The Morgan fingerprint density at radius 3 is 2.68 bits per heavy atom. The number of pyridine rings is 1. The number of nitrogens with zero attached hydrogens (tertiary/aromatic N) is 1. The quantitative estimate of drug-likeness (QED) is 0.812. The van der Waals surface area contributed by atoms with E-state index in [1.165, 1.54) is 18.3 Å². The van der Waals surface area contributed by atoms with Gasteiger partial charge >= 0.3 is 6.18 Å². The van der Waals surface area contributed by atoms with Crippen LogP contribution < -0.4 is 10.1 Å². The van der Waals surface area contributed by atoms with E-state index >= 15 is 0 Å². The molecule has 1 amide bonds. The predicted molar refractivity (Wildman–Crippen MR) is 63.0 cm³/mol. The van der Waals surface area contributed by atoms with Crippen molar-refractivity contribution in [2.75, 3.05) is 13.2 Å². The third-order valence-corrected chi connectivity index (χ3v) is 2.20. The highest BCUT2D eigenvalue weighted by Crippen LogP contribution is 2.16. The molecule has 0 aliphatic heterocycles. The van der Waals surface area contributed by atoms with Crippen LogP contribution in [0.2, 0.25) is 0 Å². The normalized spacial score (nSPS) is 11.2. The van der Waals surface area contributed by atoms with Crippen molar-refractivity contribution in [2.45, 2.75) is 25.9 Å². The molecule has 7 heteroatoms. The molecule has 0 aromatic carbocycles. The van der Waals surface area contributed by atoms with Crippen LogP contribution in [-0.4, -0.2) is 30.2 Å². The van der Waals surface area contributed by atoms with Crippen LogP contribution in [0.4, 0.5) is 13.2 Å². The lowest BCUT2D eigenvalue weighted by atomic mass is 10.2. The first-order valence-electron chi connectivity index (χ1n) is 5.86. The summed E-state index contributed by atoms with van der Waals surface area (Å²) in [6.45, 7) is 1.16. The number of ether oxygens (including phenoxy) is 1. The van der Waals surface area contributed by atoms with E-state index in [1.807, 2.05) is 6.92 Å². The molecule has 0 aliphatic carbocycles. The van der Waals surface area contributed by atoms with Crippen molar-refractivity contribution >= 4 is 5.91 Å². The number of alkyl halides is 3. The summed E-state index contributed by atoms with van der Waals surface area (Å²) in [4.78, 5) is 15.2. The molecule has 0 saturated carbocycles. The number of rotatable bonds is 6. The monoisotopic (exact) mass is 276 g/mol. The number of hydrogen-bond acceptors (Lipinski definition) is 3. The van der Waals surface area contributed by atoms with Crippen LogP contribution in [0.15, 0.2) is 18.3 Å². The fourth-order valence-corrected chi connectivity index (χ4v) is 1.24. The Labute approximate surface area is 109 Å². The maximum absolute atomic E-state index is 11.9. The van der Waals surface area contributed by atoms with Gasteiger partial charge in [-0.05, 0) is 12.5 Å². The van der Waals surface area contributed by atoms with Crippen LogP contribution in [0.1, 0.15) is 30.1 Å². The van der Waals surface area contributed by atoms with Crippen molar-refractivity contribution in [2.24, 2.45) is 0 Å². The third kappa shape index (κ3) is 6.08. The highest BCUT2D eigenvalue weighted by molar-refractivity contribution is 5.93. The lowest BCUT2D eigenvalue weighted by Crippen LogP contribution is -2.24. The lowest BCUT2D eigenvalue weighted by molar-refractivity contribution is -0.154. The van der Waals surface area contributed by atoms with Crippen molar-refractivity contribution in [1.29, 1.82) is 0 Å². The van der Waals surface area contributed by atoms with Gasteiger partial charge in [0.15, 0.2) is 6.61 Å². The molecule has 0 fully saturated rings. The molecule has 19 heavy (non-hydrogen) atoms. The molecular formula is C12H15F3N2O2. The third-order valence-electron chi connectivity index (χ3n) is 2.20. The molecular weight excluding hydrogens is 261 g/mol. The zero-order valence-electron chi connectivity index (χ0n) is 10.5. The van der Waals surface area contributed by atoms with Crippen LogP contribution in [0, 0.1) is 0 Å². The minimum atomic E-state index is -4.40. The Morgan fingerprint density at radius 1 is 1.42 bits per heavy atom. The van der Waals surface area contributed by atoms with Crippen molar-refractivity contribution in [3.05, 3.63) is 23.9 Å². The summed E-state index contributed by atoms with van der Waals surface area (Å²) in [6.07, 6.45) is -1.39. The van der Waals surface area contributed by atoms with E-state index in [0.717, 1.165) is 12.8 Å². The van der Waals surface area contributed by atoms with Crippen LogP contribution in [0.25, 0.3) is 0 Å². The average Bonchev–Trinajstić information content (AvgIpc) is 2.36. The fraction of sp³-hybridized carbons (Fsp3) is 0.500. The predicted octanol–water partition coefficient (Wildman–Crippen LogP) is 2.55. The molecule has 0 spiro atoms. The van der Waals surface area contributed by atoms with Crippen molar-refractivity contribution in [1.82, 2.24) is 10.3 Å². The fourth-order valence-electron chi connectivity index (χ4n) is 1.24. The summed E-state index contributed by atoms with van der Waals surface area (Å²) < 4.78 is 40.2. The molecule has 106 valence electrons. The Hall–Kier alpha value is -1.79. The lowest BCUT2D eigenvalue weighted by Gasteiger charge is -2.08. The standard InChI is InChI=1S/C12H15F3N2O2/c1-2-3-6-16-11(18)9-4-5-10(17-7-9)19-8-12(13,14)15/h4-5,7H,2-3,6,8H2,1H3,(H,16,18). The number of aromatic nitrogens is 1. The van der Waals surface area contributed by atoms with Gasteiger partial charge < -0.3 is 10.1 Å². The molecule has 0 saturated heterocycles. The zero-order valence-corrected chi connectivity index (χ0v) is 10.5. The van der Waals surface area contributed by atoms with Gasteiger partial charge in [-0.25, -0.2) is 4.98 Å². The first kappa shape index (κ1) is 15.3. The van der Waals surface area contributed by atoms with Gasteiger partial charge in [-0.3, -0.25) is 4.79 Å². The van der Waals surface area contributed by atoms with E-state index in [1.54, 1.807) is 0 Å². The van der Waals surface area contributed by atoms with E-state index in [0.29, 0.717) is 6.54 Å². The second-order valence-corrected chi connectivity index (χ2v) is 3.90. The summed E-state index contributed by atoms with van der Waals surface area (Å²) in [6, 6.07) is 2.61. The maximum Gasteiger partial charge on any atom is 0.422 e. The molecule has 0 aliphatic rings. The van der Waals surface area contributed by atoms with E-state index in [4.69, 9.17) is 0 Å². The van der Waals surface area contributed by atoms with Crippen molar-refractivity contribution in [3.63, 3.8) is 0 Å². The number of carbonyl (C=O) groups is 1. The van der Waals surface area contributed by atoms with Gasteiger partial charge in [-0.15, -0.1) is 0 Å². The zero-order chi connectivity index (χ0) is 14.3.